The maximum Gasteiger partial charge on any atom is 0.329 e. The molecule has 0 aliphatic rings. The number of carbonyl (C=O) groups is 1. The zero-order valence-electron chi connectivity index (χ0n) is 12.9. The van der Waals surface area contributed by atoms with Gasteiger partial charge in [-0.3, -0.25) is 9.36 Å². The van der Waals surface area contributed by atoms with E-state index in [9.17, 15) is 19.1 Å². The number of benzene rings is 2. The van der Waals surface area contributed by atoms with E-state index in [0.717, 1.165) is 0 Å². The Bertz CT molecular complexity index is 852. The number of carboxylic acids is 1. The Kier molecular flexibility index (Phi) is 6.27. The van der Waals surface area contributed by atoms with Crippen LogP contribution in [0.3, 0.4) is 0 Å². The number of halogens is 2. The number of aliphatic carboxylic acids is 1. The molecule has 0 amide bonds. The Balaban J connectivity index is 2.52. The van der Waals surface area contributed by atoms with E-state index < -0.39 is 25.8 Å². The first-order valence-corrected chi connectivity index (χ1v) is 9.72. The topological polar surface area (TPSA) is 121 Å². The van der Waals surface area contributed by atoms with Crippen LogP contribution in [0, 0.1) is 0 Å². The first-order chi connectivity index (χ1) is 11.5. The molecule has 6 nitrogen and oxygen atoms in total. The van der Waals surface area contributed by atoms with Crippen LogP contribution in [-0.2, 0) is 21.9 Å². The van der Waals surface area contributed by atoms with Crippen molar-refractivity contribution >= 4 is 36.8 Å². The minimum Gasteiger partial charge on any atom is -0.480 e. The Morgan fingerprint density at radius 2 is 1.76 bits per heavy atom. The van der Waals surface area contributed by atoms with Crippen molar-refractivity contribution < 1.29 is 24.3 Å². The molecule has 0 fully saturated rings. The third-order valence-electron chi connectivity index (χ3n) is 3.46. The van der Waals surface area contributed by atoms with Crippen LogP contribution in [0.15, 0.2) is 36.4 Å². The summed E-state index contributed by atoms with van der Waals surface area (Å²) >= 11 is 12.1. The van der Waals surface area contributed by atoms with Crippen molar-refractivity contribution in [2.75, 3.05) is 0 Å². The highest BCUT2D eigenvalue weighted by atomic mass is 35.5. The van der Waals surface area contributed by atoms with Crippen LogP contribution in [0.5, 0.6) is 0 Å². The van der Waals surface area contributed by atoms with Crippen LogP contribution in [0.1, 0.15) is 11.1 Å². The lowest BCUT2D eigenvalue weighted by molar-refractivity contribution is -0.138. The molecule has 0 heterocycles. The van der Waals surface area contributed by atoms with Crippen LogP contribution in [0.25, 0.3) is 11.1 Å². The average Bonchev–Trinajstić information content (AvgIpc) is 2.44. The Morgan fingerprint density at radius 3 is 2.32 bits per heavy atom. The van der Waals surface area contributed by atoms with Gasteiger partial charge in [-0.25, -0.2) is 0 Å². The van der Waals surface area contributed by atoms with Crippen molar-refractivity contribution in [2.24, 2.45) is 5.73 Å². The quantitative estimate of drug-likeness (QED) is 0.549. The van der Waals surface area contributed by atoms with Gasteiger partial charge in [0.25, 0.3) is 0 Å². The molecular formula is C16H16Cl2NO5P. The van der Waals surface area contributed by atoms with E-state index in [4.69, 9.17) is 34.0 Å². The minimum atomic E-state index is -4.29. The fourth-order valence-corrected chi connectivity index (χ4v) is 3.61. The monoisotopic (exact) mass is 403 g/mol. The van der Waals surface area contributed by atoms with E-state index in [2.05, 4.69) is 0 Å². The average molecular weight is 404 g/mol. The highest BCUT2D eigenvalue weighted by Crippen LogP contribution is 2.40. The number of hydrogen-bond donors (Lipinski definition) is 4. The molecule has 25 heavy (non-hydrogen) atoms. The maximum absolute atomic E-state index is 11.3. The van der Waals surface area contributed by atoms with Gasteiger partial charge < -0.3 is 20.6 Å². The zero-order chi connectivity index (χ0) is 18.8. The Morgan fingerprint density at radius 1 is 1.12 bits per heavy atom. The fraction of sp³-hybridized carbons (Fsp3) is 0.188. The van der Waals surface area contributed by atoms with Gasteiger partial charge in [0, 0.05) is 15.6 Å². The van der Waals surface area contributed by atoms with Crippen LogP contribution < -0.4 is 5.73 Å². The highest BCUT2D eigenvalue weighted by Gasteiger charge is 2.18. The highest BCUT2D eigenvalue weighted by molar-refractivity contribution is 7.50. The van der Waals surface area contributed by atoms with Crippen LogP contribution in [0.4, 0.5) is 0 Å². The maximum atomic E-state index is 11.3. The second kappa shape index (κ2) is 7.87. The minimum absolute atomic E-state index is 0.0164. The Hall–Kier alpha value is -1.40. The summed E-state index contributed by atoms with van der Waals surface area (Å²) in [5.74, 6) is -1.16. The molecule has 0 radical (unpaired) electrons. The van der Waals surface area contributed by atoms with Gasteiger partial charge >= 0.3 is 13.6 Å². The summed E-state index contributed by atoms with van der Waals surface area (Å²) in [7, 11) is -4.29. The molecule has 0 saturated carbocycles. The van der Waals surface area contributed by atoms with E-state index in [0.29, 0.717) is 32.3 Å². The first kappa shape index (κ1) is 19.9. The van der Waals surface area contributed by atoms with Crippen LogP contribution in [0.2, 0.25) is 10.0 Å². The smallest absolute Gasteiger partial charge is 0.329 e. The molecule has 2 aromatic carbocycles. The van der Waals surface area contributed by atoms with E-state index in [1.807, 2.05) is 0 Å². The lowest BCUT2D eigenvalue weighted by atomic mass is 9.97. The van der Waals surface area contributed by atoms with Crippen LogP contribution in [-0.4, -0.2) is 26.9 Å². The van der Waals surface area contributed by atoms with E-state index >= 15 is 0 Å². The van der Waals surface area contributed by atoms with E-state index in [1.165, 1.54) is 6.07 Å². The van der Waals surface area contributed by atoms with Crippen molar-refractivity contribution in [1.29, 1.82) is 0 Å². The Labute approximate surface area is 154 Å². The number of carboxylic acid groups (broad SMARTS) is 1. The molecule has 2 rings (SSSR count). The lowest BCUT2D eigenvalue weighted by Gasteiger charge is -2.13. The first-order valence-electron chi connectivity index (χ1n) is 7.16. The van der Waals surface area contributed by atoms with Crippen molar-refractivity contribution in [1.82, 2.24) is 0 Å². The summed E-state index contributed by atoms with van der Waals surface area (Å²) in [6.07, 6.45) is -0.454. The molecule has 9 heteroatoms. The summed E-state index contributed by atoms with van der Waals surface area (Å²) in [5.41, 5.74) is 7.69. The van der Waals surface area contributed by atoms with Gasteiger partial charge in [0.05, 0.1) is 6.16 Å². The molecule has 0 saturated heterocycles. The third kappa shape index (κ3) is 5.82. The summed E-state index contributed by atoms with van der Waals surface area (Å²) in [4.78, 5) is 29.4. The normalized spacial score (nSPS) is 12.8. The molecule has 0 unspecified atom stereocenters. The summed E-state index contributed by atoms with van der Waals surface area (Å²) in [6, 6.07) is 8.58. The molecule has 134 valence electrons. The van der Waals surface area contributed by atoms with Crippen molar-refractivity contribution in [3.05, 3.63) is 57.6 Å². The van der Waals surface area contributed by atoms with Crippen molar-refractivity contribution in [2.45, 2.75) is 18.6 Å². The van der Waals surface area contributed by atoms with Gasteiger partial charge in [0.15, 0.2) is 0 Å². The summed E-state index contributed by atoms with van der Waals surface area (Å²) in [6.45, 7) is 0. The van der Waals surface area contributed by atoms with Gasteiger partial charge in [0.2, 0.25) is 0 Å². The molecule has 0 aliphatic heterocycles. The molecular weight excluding hydrogens is 388 g/mol. The summed E-state index contributed by atoms with van der Waals surface area (Å²) < 4.78 is 11.3. The van der Waals surface area contributed by atoms with Gasteiger partial charge in [-0.2, -0.15) is 0 Å². The third-order valence-corrected chi connectivity index (χ3v) is 4.78. The molecule has 0 spiro atoms. The standard InChI is InChI=1S/C16H16Cl2NO5P/c17-12-1-2-13(14(18)7-12)11-4-9(6-15(19)16(20)21)3-10(5-11)8-25(22,23)24/h1-5,7,15H,6,8,19H2,(H,20,21)(H2,22,23,24)/t15-/m0/s1. The fourth-order valence-electron chi connectivity index (χ4n) is 2.43. The molecule has 2 aromatic rings. The van der Waals surface area contributed by atoms with Gasteiger partial charge in [0.1, 0.15) is 6.04 Å². The predicted molar refractivity (Wildman–Crippen MR) is 97.0 cm³/mol. The largest absolute Gasteiger partial charge is 0.480 e. The summed E-state index contributed by atoms with van der Waals surface area (Å²) in [5, 5.41) is 9.80. The number of rotatable bonds is 6. The van der Waals surface area contributed by atoms with E-state index in [-0.39, 0.29) is 6.42 Å². The molecule has 0 aromatic heterocycles. The molecule has 5 N–H and O–H groups in total. The second-order valence-corrected chi connectivity index (χ2v) is 8.12. The van der Waals surface area contributed by atoms with Crippen molar-refractivity contribution in [3.8, 4) is 11.1 Å². The van der Waals surface area contributed by atoms with E-state index in [1.54, 1.807) is 30.3 Å². The molecule has 1 atom stereocenters. The SMILES string of the molecule is N[C@@H](Cc1cc(CP(=O)(O)O)cc(-c2ccc(Cl)cc2Cl)c1)C(=O)O. The predicted octanol–water partition coefficient (Wildman–Crippen LogP) is 3.29. The van der Waals surface area contributed by atoms with Crippen molar-refractivity contribution in [3.63, 3.8) is 0 Å². The number of nitrogens with two attached hydrogens (primary N) is 1. The second-order valence-electron chi connectivity index (χ2n) is 5.63. The van der Waals surface area contributed by atoms with Crippen LogP contribution >= 0.6 is 30.8 Å². The van der Waals surface area contributed by atoms with Gasteiger partial charge in [-0.1, -0.05) is 47.5 Å². The van der Waals surface area contributed by atoms with Gasteiger partial charge in [-0.05, 0) is 35.2 Å². The number of hydrogen-bond acceptors (Lipinski definition) is 3. The molecule has 0 bridgehead atoms. The zero-order valence-corrected chi connectivity index (χ0v) is 15.3. The lowest BCUT2D eigenvalue weighted by Crippen LogP contribution is -2.32. The van der Waals surface area contributed by atoms with Gasteiger partial charge in [-0.15, -0.1) is 0 Å². The molecule has 0 aliphatic carbocycles.